The van der Waals surface area contributed by atoms with E-state index in [1.165, 1.54) is 12.8 Å². The number of para-hydroxylation sites is 1. The summed E-state index contributed by atoms with van der Waals surface area (Å²) in [6.45, 7) is 7.01. The summed E-state index contributed by atoms with van der Waals surface area (Å²) >= 11 is 0. The molecule has 2 saturated heterocycles. The lowest BCUT2D eigenvalue weighted by Crippen LogP contribution is -2.50. The Morgan fingerprint density at radius 1 is 0.926 bits per heavy atom. The van der Waals surface area contributed by atoms with E-state index in [4.69, 9.17) is 4.98 Å². The largest absolute Gasteiger partial charge is 0.353 e. The predicted octanol–water partition coefficient (Wildman–Crippen LogP) is 2.74. The van der Waals surface area contributed by atoms with Gasteiger partial charge in [0, 0.05) is 56.7 Å². The molecule has 2 fully saturated rings. The van der Waals surface area contributed by atoms with Gasteiger partial charge >= 0.3 is 6.03 Å². The van der Waals surface area contributed by atoms with Crippen LogP contribution in [0.25, 0.3) is 0 Å². The minimum Gasteiger partial charge on any atom is -0.353 e. The van der Waals surface area contributed by atoms with E-state index in [-0.39, 0.29) is 6.03 Å². The van der Waals surface area contributed by atoms with Crippen molar-refractivity contribution >= 4 is 23.5 Å². The number of aryl methyl sites for hydroxylation is 1. The van der Waals surface area contributed by atoms with Crippen molar-refractivity contribution in [3.8, 4) is 0 Å². The van der Waals surface area contributed by atoms with Crippen molar-refractivity contribution in [3.63, 3.8) is 0 Å². The van der Waals surface area contributed by atoms with Gasteiger partial charge in [-0.15, -0.1) is 0 Å². The fourth-order valence-electron chi connectivity index (χ4n) is 3.62. The van der Waals surface area contributed by atoms with E-state index in [0.29, 0.717) is 13.1 Å². The van der Waals surface area contributed by atoms with E-state index in [0.717, 1.165) is 49.3 Å². The molecule has 2 aliphatic rings. The molecule has 27 heavy (non-hydrogen) atoms. The van der Waals surface area contributed by atoms with Gasteiger partial charge in [0.05, 0.1) is 0 Å². The molecular weight excluding hydrogens is 340 g/mol. The molecule has 0 bridgehead atoms. The molecule has 0 saturated carbocycles. The smallest absolute Gasteiger partial charge is 0.321 e. The van der Waals surface area contributed by atoms with Crippen LogP contribution in [0, 0.1) is 6.92 Å². The molecule has 0 spiro atoms. The average molecular weight is 366 g/mol. The fourth-order valence-corrected chi connectivity index (χ4v) is 3.62. The number of anilines is 3. The van der Waals surface area contributed by atoms with E-state index in [1.54, 1.807) is 0 Å². The molecular formula is C20H26N6O. The summed E-state index contributed by atoms with van der Waals surface area (Å²) in [4.78, 5) is 28.2. The number of nitrogens with one attached hydrogen (secondary N) is 1. The number of carbonyl (C=O) groups excluding carboxylic acids is 1. The van der Waals surface area contributed by atoms with Crippen molar-refractivity contribution in [1.82, 2.24) is 14.9 Å². The van der Waals surface area contributed by atoms with Crippen LogP contribution in [0.2, 0.25) is 0 Å². The van der Waals surface area contributed by atoms with Crippen LogP contribution >= 0.6 is 0 Å². The Morgan fingerprint density at radius 3 is 2.33 bits per heavy atom. The van der Waals surface area contributed by atoms with Gasteiger partial charge in [0.1, 0.15) is 5.82 Å². The zero-order chi connectivity index (χ0) is 18.6. The Morgan fingerprint density at radius 2 is 1.63 bits per heavy atom. The Bertz CT molecular complexity index is 782. The average Bonchev–Trinajstić information content (AvgIpc) is 3.23. The van der Waals surface area contributed by atoms with Crippen LogP contribution < -0.4 is 15.1 Å². The van der Waals surface area contributed by atoms with Crippen molar-refractivity contribution in [2.24, 2.45) is 0 Å². The van der Waals surface area contributed by atoms with Crippen LogP contribution in [0.4, 0.5) is 22.2 Å². The number of urea groups is 1. The summed E-state index contributed by atoms with van der Waals surface area (Å²) in [5, 5.41) is 2.96. The topological polar surface area (TPSA) is 64.6 Å². The third kappa shape index (κ3) is 4.13. The maximum atomic E-state index is 12.5. The molecule has 0 radical (unpaired) electrons. The van der Waals surface area contributed by atoms with Crippen LogP contribution in [-0.2, 0) is 0 Å². The summed E-state index contributed by atoms with van der Waals surface area (Å²) in [5.41, 5.74) is 1.82. The second-order valence-electron chi connectivity index (χ2n) is 7.13. The number of aromatic nitrogens is 2. The molecule has 0 unspecified atom stereocenters. The molecule has 1 N–H and O–H groups in total. The number of rotatable bonds is 3. The van der Waals surface area contributed by atoms with Crippen LogP contribution in [0.5, 0.6) is 0 Å². The molecule has 1 aromatic heterocycles. The highest BCUT2D eigenvalue weighted by Crippen LogP contribution is 2.22. The zero-order valence-corrected chi connectivity index (χ0v) is 15.8. The van der Waals surface area contributed by atoms with Crippen LogP contribution in [0.3, 0.4) is 0 Å². The van der Waals surface area contributed by atoms with Crippen molar-refractivity contribution in [3.05, 3.63) is 42.1 Å². The van der Waals surface area contributed by atoms with Crippen molar-refractivity contribution in [1.29, 1.82) is 0 Å². The molecule has 2 aliphatic heterocycles. The minimum atomic E-state index is -0.0440. The van der Waals surface area contributed by atoms with E-state index >= 15 is 0 Å². The lowest BCUT2D eigenvalue weighted by Gasteiger charge is -2.35. The number of nitrogens with zero attached hydrogens (tertiary/aromatic N) is 5. The molecule has 0 atom stereocenters. The summed E-state index contributed by atoms with van der Waals surface area (Å²) in [7, 11) is 0. The summed E-state index contributed by atoms with van der Waals surface area (Å²) in [6, 6.07) is 11.6. The number of piperazine rings is 1. The highest BCUT2D eigenvalue weighted by Gasteiger charge is 2.23. The first-order chi connectivity index (χ1) is 13.2. The number of amides is 2. The fraction of sp³-hybridized carbons (Fsp3) is 0.450. The summed E-state index contributed by atoms with van der Waals surface area (Å²) < 4.78 is 0. The van der Waals surface area contributed by atoms with Crippen LogP contribution in [0.1, 0.15) is 18.5 Å². The van der Waals surface area contributed by atoms with E-state index < -0.39 is 0 Å². The number of hydrogen-bond acceptors (Lipinski definition) is 5. The maximum Gasteiger partial charge on any atom is 0.321 e. The molecule has 3 heterocycles. The first-order valence-corrected chi connectivity index (χ1v) is 9.65. The van der Waals surface area contributed by atoms with Crippen molar-refractivity contribution in [2.45, 2.75) is 19.8 Å². The lowest BCUT2D eigenvalue weighted by molar-refractivity contribution is 0.208. The SMILES string of the molecule is Cc1cc(N2CCN(C(=O)Nc3ccccc3)CC2)nc(N2CCCC2)n1. The monoisotopic (exact) mass is 366 g/mol. The Labute approximate surface area is 160 Å². The highest BCUT2D eigenvalue weighted by molar-refractivity contribution is 5.89. The first kappa shape index (κ1) is 17.6. The van der Waals surface area contributed by atoms with Gasteiger partial charge in [-0.1, -0.05) is 18.2 Å². The first-order valence-electron chi connectivity index (χ1n) is 9.65. The Kier molecular flexibility index (Phi) is 5.09. The summed E-state index contributed by atoms with van der Waals surface area (Å²) in [6.07, 6.45) is 2.42. The number of carbonyl (C=O) groups is 1. The highest BCUT2D eigenvalue weighted by atomic mass is 16.2. The van der Waals surface area contributed by atoms with Gasteiger partial charge in [-0.2, -0.15) is 4.98 Å². The molecule has 0 aliphatic carbocycles. The van der Waals surface area contributed by atoms with Crippen molar-refractivity contribution < 1.29 is 4.79 Å². The molecule has 2 amide bonds. The lowest BCUT2D eigenvalue weighted by atomic mass is 10.3. The number of hydrogen-bond donors (Lipinski definition) is 1. The normalized spacial score (nSPS) is 17.3. The standard InChI is InChI=1S/C20H26N6O/c1-16-15-18(23-19(21-16)25-9-5-6-10-25)24-11-13-26(14-12-24)20(27)22-17-7-3-2-4-8-17/h2-4,7-8,15H,5-6,9-14H2,1H3,(H,22,27). The molecule has 7 heteroatoms. The second kappa shape index (κ2) is 7.82. The van der Waals surface area contributed by atoms with Gasteiger partial charge in [-0.25, -0.2) is 9.78 Å². The van der Waals surface area contributed by atoms with Crippen LogP contribution in [-0.4, -0.2) is 60.2 Å². The Balaban J connectivity index is 1.38. The number of benzene rings is 1. The van der Waals surface area contributed by atoms with Gasteiger partial charge in [0.25, 0.3) is 0 Å². The van der Waals surface area contributed by atoms with Gasteiger partial charge in [0.2, 0.25) is 5.95 Å². The molecule has 7 nitrogen and oxygen atoms in total. The van der Waals surface area contributed by atoms with E-state index in [9.17, 15) is 4.79 Å². The Hall–Kier alpha value is -2.83. The second-order valence-corrected chi connectivity index (χ2v) is 7.13. The van der Waals surface area contributed by atoms with E-state index in [1.807, 2.05) is 48.2 Å². The molecule has 1 aromatic carbocycles. The maximum absolute atomic E-state index is 12.5. The predicted molar refractivity (Wildman–Crippen MR) is 107 cm³/mol. The third-order valence-electron chi connectivity index (χ3n) is 5.13. The molecule has 4 rings (SSSR count). The summed E-state index contributed by atoms with van der Waals surface area (Å²) in [5.74, 6) is 1.80. The van der Waals surface area contributed by atoms with Gasteiger partial charge in [-0.05, 0) is 31.9 Å². The van der Waals surface area contributed by atoms with Crippen molar-refractivity contribution in [2.75, 3.05) is 54.4 Å². The quantitative estimate of drug-likeness (QED) is 0.905. The van der Waals surface area contributed by atoms with Crippen LogP contribution in [0.15, 0.2) is 36.4 Å². The third-order valence-corrected chi connectivity index (χ3v) is 5.13. The van der Waals surface area contributed by atoms with Gasteiger partial charge in [-0.3, -0.25) is 0 Å². The van der Waals surface area contributed by atoms with Gasteiger partial charge in [0.15, 0.2) is 0 Å². The zero-order valence-electron chi connectivity index (χ0n) is 15.8. The minimum absolute atomic E-state index is 0.0440. The molecule has 142 valence electrons. The van der Waals surface area contributed by atoms with E-state index in [2.05, 4.69) is 20.1 Å². The van der Waals surface area contributed by atoms with Gasteiger partial charge < -0.3 is 20.0 Å². The molecule has 2 aromatic rings.